The SMILES string of the molecule is Cc1[nH]cnc1-c1nccn1C[C@H](c1ccco1)N1CCCC1. The molecule has 4 heterocycles. The molecule has 6 heteroatoms. The van der Waals surface area contributed by atoms with E-state index in [2.05, 4.69) is 30.5 Å². The second-order valence-corrected chi connectivity index (χ2v) is 6.05. The lowest BCUT2D eigenvalue weighted by atomic mass is 10.2. The van der Waals surface area contributed by atoms with Crippen LogP contribution < -0.4 is 0 Å². The molecule has 0 aliphatic carbocycles. The Labute approximate surface area is 135 Å². The lowest BCUT2D eigenvalue weighted by Gasteiger charge is -2.26. The zero-order valence-corrected chi connectivity index (χ0v) is 13.3. The minimum atomic E-state index is 0.236. The summed E-state index contributed by atoms with van der Waals surface area (Å²) in [5, 5.41) is 0. The van der Waals surface area contributed by atoms with Gasteiger partial charge in [0.1, 0.15) is 11.5 Å². The summed E-state index contributed by atoms with van der Waals surface area (Å²) in [5.41, 5.74) is 1.95. The van der Waals surface area contributed by atoms with Crippen LogP contribution in [0.5, 0.6) is 0 Å². The van der Waals surface area contributed by atoms with E-state index < -0.39 is 0 Å². The molecular formula is C17H21N5O. The van der Waals surface area contributed by atoms with Crippen molar-refractivity contribution in [1.82, 2.24) is 24.4 Å². The van der Waals surface area contributed by atoms with E-state index in [9.17, 15) is 0 Å². The van der Waals surface area contributed by atoms with Crippen LogP contribution in [0, 0.1) is 6.92 Å². The van der Waals surface area contributed by atoms with Gasteiger partial charge in [-0.3, -0.25) is 4.90 Å². The molecular weight excluding hydrogens is 290 g/mol. The molecule has 1 fully saturated rings. The van der Waals surface area contributed by atoms with Crippen LogP contribution in [0.25, 0.3) is 11.5 Å². The zero-order valence-electron chi connectivity index (χ0n) is 13.3. The maximum absolute atomic E-state index is 5.71. The highest BCUT2D eigenvalue weighted by Crippen LogP contribution is 2.29. The molecule has 0 amide bonds. The van der Waals surface area contributed by atoms with Gasteiger partial charge in [0.15, 0.2) is 5.82 Å². The van der Waals surface area contributed by atoms with E-state index in [1.54, 1.807) is 12.6 Å². The van der Waals surface area contributed by atoms with Crippen LogP contribution >= 0.6 is 0 Å². The molecule has 120 valence electrons. The van der Waals surface area contributed by atoms with E-state index in [4.69, 9.17) is 4.42 Å². The Bertz CT molecular complexity index is 752. The van der Waals surface area contributed by atoms with Crippen molar-refractivity contribution in [2.75, 3.05) is 13.1 Å². The maximum atomic E-state index is 5.71. The highest BCUT2D eigenvalue weighted by atomic mass is 16.3. The van der Waals surface area contributed by atoms with E-state index >= 15 is 0 Å². The van der Waals surface area contributed by atoms with Gasteiger partial charge in [-0.25, -0.2) is 9.97 Å². The molecule has 3 aromatic heterocycles. The quantitative estimate of drug-likeness (QED) is 0.787. The van der Waals surface area contributed by atoms with Crippen LogP contribution in [0.15, 0.2) is 41.5 Å². The van der Waals surface area contributed by atoms with Crippen LogP contribution in [0.2, 0.25) is 0 Å². The summed E-state index contributed by atoms with van der Waals surface area (Å²) < 4.78 is 7.89. The highest BCUT2D eigenvalue weighted by Gasteiger charge is 2.27. The lowest BCUT2D eigenvalue weighted by Crippen LogP contribution is -2.29. The molecule has 0 saturated carbocycles. The van der Waals surface area contributed by atoms with Crippen LogP contribution in [-0.2, 0) is 6.54 Å². The highest BCUT2D eigenvalue weighted by molar-refractivity contribution is 5.52. The molecule has 1 aliphatic rings. The summed E-state index contributed by atoms with van der Waals surface area (Å²) in [6.45, 7) is 5.08. The van der Waals surface area contributed by atoms with Crippen molar-refractivity contribution in [3.8, 4) is 11.5 Å². The number of hydrogen-bond donors (Lipinski definition) is 1. The molecule has 0 bridgehead atoms. The Morgan fingerprint density at radius 1 is 1.30 bits per heavy atom. The van der Waals surface area contributed by atoms with Gasteiger partial charge in [0, 0.05) is 24.6 Å². The summed E-state index contributed by atoms with van der Waals surface area (Å²) in [6.07, 6.45) is 9.85. The van der Waals surface area contributed by atoms with Crippen molar-refractivity contribution < 1.29 is 4.42 Å². The van der Waals surface area contributed by atoms with E-state index in [0.29, 0.717) is 0 Å². The molecule has 1 N–H and O–H groups in total. The van der Waals surface area contributed by atoms with Crippen LogP contribution in [0.3, 0.4) is 0 Å². The first-order valence-corrected chi connectivity index (χ1v) is 8.12. The maximum Gasteiger partial charge on any atom is 0.160 e. The number of furan rings is 1. The van der Waals surface area contributed by atoms with Crippen molar-refractivity contribution in [1.29, 1.82) is 0 Å². The summed E-state index contributed by atoms with van der Waals surface area (Å²) in [6, 6.07) is 4.27. The van der Waals surface area contributed by atoms with Crippen molar-refractivity contribution in [2.45, 2.75) is 32.4 Å². The Kier molecular flexibility index (Phi) is 3.75. The standard InChI is InChI=1S/C17H21N5O/c1-13-16(20-12-19-13)17-18-6-9-22(17)11-14(15-5-4-10-23-15)21-7-2-3-8-21/h4-6,9-10,12,14H,2-3,7-8,11H2,1H3,(H,19,20)/t14-/m1/s1. The van der Waals surface area contributed by atoms with E-state index in [1.807, 2.05) is 25.4 Å². The number of aromatic amines is 1. The Morgan fingerprint density at radius 2 is 2.17 bits per heavy atom. The number of nitrogens with one attached hydrogen (secondary N) is 1. The van der Waals surface area contributed by atoms with Crippen LogP contribution in [0.4, 0.5) is 0 Å². The molecule has 3 aromatic rings. The number of likely N-dealkylation sites (tertiary alicyclic amines) is 1. The fourth-order valence-corrected chi connectivity index (χ4v) is 3.36. The first-order chi connectivity index (χ1) is 11.3. The average molecular weight is 311 g/mol. The first kappa shape index (κ1) is 14.3. The van der Waals surface area contributed by atoms with Gasteiger partial charge in [-0.15, -0.1) is 0 Å². The molecule has 0 unspecified atom stereocenters. The largest absolute Gasteiger partial charge is 0.468 e. The molecule has 0 spiro atoms. The molecule has 0 aromatic carbocycles. The van der Waals surface area contributed by atoms with Gasteiger partial charge in [0.05, 0.1) is 18.6 Å². The number of nitrogens with zero attached hydrogens (tertiary/aromatic N) is 4. The smallest absolute Gasteiger partial charge is 0.160 e. The van der Waals surface area contributed by atoms with Gasteiger partial charge >= 0.3 is 0 Å². The second kappa shape index (κ2) is 6.04. The van der Waals surface area contributed by atoms with Gasteiger partial charge in [-0.2, -0.15) is 0 Å². The average Bonchev–Trinajstić information content (AvgIpc) is 3.32. The minimum Gasteiger partial charge on any atom is -0.468 e. The number of imidazole rings is 2. The molecule has 1 aliphatic heterocycles. The topological polar surface area (TPSA) is 62.9 Å². The van der Waals surface area contributed by atoms with Gasteiger partial charge < -0.3 is 14.0 Å². The fourth-order valence-electron chi connectivity index (χ4n) is 3.36. The number of aryl methyl sites for hydroxylation is 1. The number of aromatic nitrogens is 4. The Balaban J connectivity index is 1.65. The number of H-pyrrole nitrogens is 1. The van der Waals surface area contributed by atoms with Crippen molar-refractivity contribution in [3.05, 3.63) is 48.6 Å². The predicted octanol–water partition coefficient (Wildman–Crippen LogP) is 3.01. The third-order valence-electron chi connectivity index (χ3n) is 4.58. The van der Waals surface area contributed by atoms with Gasteiger partial charge in [0.25, 0.3) is 0 Å². The molecule has 6 nitrogen and oxygen atoms in total. The molecule has 4 rings (SSSR count). The lowest BCUT2D eigenvalue weighted by molar-refractivity contribution is 0.194. The predicted molar refractivity (Wildman–Crippen MR) is 86.8 cm³/mol. The van der Waals surface area contributed by atoms with Crippen molar-refractivity contribution in [3.63, 3.8) is 0 Å². The zero-order chi connectivity index (χ0) is 15.6. The Hall–Kier alpha value is -2.34. The van der Waals surface area contributed by atoms with E-state index in [0.717, 1.165) is 42.6 Å². The summed E-state index contributed by atoms with van der Waals surface area (Å²) >= 11 is 0. The van der Waals surface area contributed by atoms with E-state index in [1.165, 1.54) is 12.8 Å². The minimum absolute atomic E-state index is 0.236. The van der Waals surface area contributed by atoms with Gasteiger partial charge in [-0.1, -0.05) is 0 Å². The monoisotopic (exact) mass is 311 g/mol. The molecule has 0 radical (unpaired) electrons. The number of rotatable bonds is 5. The summed E-state index contributed by atoms with van der Waals surface area (Å²) in [5.74, 6) is 1.92. The first-order valence-electron chi connectivity index (χ1n) is 8.12. The number of hydrogen-bond acceptors (Lipinski definition) is 4. The third kappa shape index (κ3) is 2.70. The van der Waals surface area contributed by atoms with E-state index in [-0.39, 0.29) is 6.04 Å². The third-order valence-corrected chi connectivity index (χ3v) is 4.58. The second-order valence-electron chi connectivity index (χ2n) is 6.05. The van der Waals surface area contributed by atoms with Crippen LogP contribution in [-0.4, -0.2) is 37.5 Å². The van der Waals surface area contributed by atoms with Crippen LogP contribution in [0.1, 0.15) is 30.3 Å². The van der Waals surface area contributed by atoms with Crippen molar-refractivity contribution in [2.24, 2.45) is 0 Å². The van der Waals surface area contributed by atoms with Gasteiger partial charge in [-0.05, 0) is 45.0 Å². The molecule has 1 saturated heterocycles. The van der Waals surface area contributed by atoms with Crippen molar-refractivity contribution >= 4 is 0 Å². The normalized spacial score (nSPS) is 16.9. The fraction of sp³-hybridized carbons (Fsp3) is 0.412. The summed E-state index contributed by atoms with van der Waals surface area (Å²) in [7, 11) is 0. The summed E-state index contributed by atoms with van der Waals surface area (Å²) in [4.78, 5) is 14.5. The Morgan fingerprint density at radius 3 is 2.87 bits per heavy atom. The molecule has 23 heavy (non-hydrogen) atoms. The van der Waals surface area contributed by atoms with Gasteiger partial charge in [0.2, 0.25) is 0 Å². The molecule has 1 atom stereocenters.